The molecule has 1 nitrogen and oxygen atoms in total. The Balaban J connectivity index is 1.98. The third-order valence-corrected chi connectivity index (χ3v) is 4.68. The van der Waals surface area contributed by atoms with Gasteiger partial charge in [0.05, 0.1) is 11.6 Å². The fourth-order valence-corrected chi connectivity index (χ4v) is 3.46. The minimum absolute atomic E-state index is 0.0276. The van der Waals surface area contributed by atoms with E-state index in [-0.39, 0.29) is 17.0 Å². The molecule has 1 aromatic carbocycles. The summed E-state index contributed by atoms with van der Waals surface area (Å²) < 4.78 is 28.1. The Labute approximate surface area is 126 Å². The number of nitrogens with zero attached hydrogens (tertiary/aromatic N) is 1. The van der Waals surface area contributed by atoms with Crippen LogP contribution in [0.15, 0.2) is 12.1 Å². The fraction of sp³-hybridized carbons (Fsp3) is 0.611. The van der Waals surface area contributed by atoms with E-state index in [4.69, 9.17) is 5.26 Å². The van der Waals surface area contributed by atoms with Crippen molar-refractivity contribution in [1.82, 2.24) is 0 Å². The molecule has 0 atom stereocenters. The topological polar surface area (TPSA) is 23.8 Å². The van der Waals surface area contributed by atoms with Gasteiger partial charge in [0.1, 0.15) is 11.6 Å². The molecule has 1 aromatic rings. The van der Waals surface area contributed by atoms with Gasteiger partial charge in [-0.1, -0.05) is 32.6 Å². The van der Waals surface area contributed by atoms with Gasteiger partial charge in [-0.15, -0.1) is 0 Å². The Kier molecular flexibility index (Phi) is 5.73. The summed E-state index contributed by atoms with van der Waals surface area (Å²) in [5, 5.41) is 8.74. The van der Waals surface area contributed by atoms with Crippen molar-refractivity contribution < 1.29 is 8.78 Å². The van der Waals surface area contributed by atoms with Gasteiger partial charge in [-0.05, 0) is 49.7 Å². The summed E-state index contributed by atoms with van der Waals surface area (Å²) in [5.41, 5.74) is 0.253. The van der Waals surface area contributed by atoms with E-state index in [9.17, 15) is 8.78 Å². The van der Waals surface area contributed by atoms with Crippen molar-refractivity contribution in [1.29, 1.82) is 5.26 Å². The Morgan fingerprint density at radius 3 is 2.24 bits per heavy atom. The normalized spacial score (nSPS) is 22.0. The van der Waals surface area contributed by atoms with Gasteiger partial charge in [0.15, 0.2) is 0 Å². The van der Waals surface area contributed by atoms with E-state index < -0.39 is 11.6 Å². The quantitative estimate of drug-likeness (QED) is 0.639. The lowest BCUT2D eigenvalue weighted by Gasteiger charge is -2.29. The molecule has 0 unspecified atom stereocenters. The van der Waals surface area contributed by atoms with Crippen molar-refractivity contribution in [2.24, 2.45) is 5.92 Å². The van der Waals surface area contributed by atoms with Crippen LogP contribution in [-0.2, 0) is 0 Å². The molecule has 1 saturated carbocycles. The highest BCUT2D eigenvalue weighted by atomic mass is 19.1. The maximum Gasteiger partial charge on any atom is 0.130 e. The highest BCUT2D eigenvalue weighted by molar-refractivity contribution is 5.35. The number of benzene rings is 1. The zero-order chi connectivity index (χ0) is 15.2. The summed E-state index contributed by atoms with van der Waals surface area (Å²) in [6, 6.07) is 4.11. The molecule has 1 aliphatic carbocycles. The number of hydrogen-bond acceptors (Lipinski definition) is 1. The van der Waals surface area contributed by atoms with Crippen molar-refractivity contribution >= 4 is 0 Å². The van der Waals surface area contributed by atoms with Gasteiger partial charge >= 0.3 is 0 Å². The molecule has 0 saturated heterocycles. The van der Waals surface area contributed by atoms with E-state index in [1.54, 1.807) is 6.07 Å². The monoisotopic (exact) mass is 291 g/mol. The number of hydrogen-bond donors (Lipinski definition) is 0. The maximum atomic E-state index is 14.0. The van der Waals surface area contributed by atoms with Crippen LogP contribution < -0.4 is 0 Å². The molecule has 114 valence electrons. The lowest BCUT2D eigenvalue weighted by Crippen LogP contribution is -2.15. The van der Waals surface area contributed by atoms with Crippen LogP contribution in [0.5, 0.6) is 0 Å². The van der Waals surface area contributed by atoms with Gasteiger partial charge in [-0.2, -0.15) is 5.26 Å². The van der Waals surface area contributed by atoms with Crippen molar-refractivity contribution in [3.63, 3.8) is 0 Å². The number of halogens is 2. The van der Waals surface area contributed by atoms with Gasteiger partial charge in [0.2, 0.25) is 0 Å². The Hall–Kier alpha value is -1.43. The van der Waals surface area contributed by atoms with E-state index in [1.165, 1.54) is 25.7 Å². The van der Waals surface area contributed by atoms with Gasteiger partial charge in [-0.25, -0.2) is 8.78 Å². The molecule has 0 radical (unpaired) electrons. The summed E-state index contributed by atoms with van der Waals surface area (Å²) in [5.74, 6) is -0.417. The minimum atomic E-state index is -0.555. The van der Waals surface area contributed by atoms with Crippen molar-refractivity contribution in [2.75, 3.05) is 0 Å². The molecular formula is C18H23F2N. The minimum Gasteiger partial charge on any atom is -0.207 e. The maximum absolute atomic E-state index is 14.0. The molecule has 0 aromatic heterocycles. The zero-order valence-corrected chi connectivity index (χ0v) is 12.7. The predicted octanol–water partition coefficient (Wildman–Crippen LogP) is 5.69. The van der Waals surface area contributed by atoms with E-state index in [0.717, 1.165) is 43.7 Å². The molecule has 0 aliphatic heterocycles. The van der Waals surface area contributed by atoms with E-state index >= 15 is 0 Å². The Morgan fingerprint density at radius 1 is 1.10 bits per heavy atom. The molecule has 3 heteroatoms. The molecule has 0 heterocycles. The zero-order valence-electron chi connectivity index (χ0n) is 12.7. The van der Waals surface area contributed by atoms with Crippen LogP contribution in [0.1, 0.15) is 75.3 Å². The van der Waals surface area contributed by atoms with Crippen LogP contribution in [0.2, 0.25) is 0 Å². The van der Waals surface area contributed by atoms with Crippen LogP contribution in [-0.4, -0.2) is 0 Å². The van der Waals surface area contributed by atoms with Crippen LogP contribution >= 0.6 is 0 Å². The SMILES string of the molecule is CCCCC[C@H]1CC[C@H](c2c(F)cc(C#N)cc2F)CC1. The lowest BCUT2D eigenvalue weighted by molar-refractivity contribution is 0.295. The first-order chi connectivity index (χ1) is 10.2. The van der Waals surface area contributed by atoms with Gasteiger partial charge in [0.25, 0.3) is 0 Å². The number of nitriles is 1. The van der Waals surface area contributed by atoms with Crippen molar-refractivity contribution in [3.8, 4) is 6.07 Å². The molecule has 2 rings (SSSR count). The van der Waals surface area contributed by atoms with Crippen LogP contribution in [0, 0.1) is 28.9 Å². The largest absolute Gasteiger partial charge is 0.207 e. The predicted molar refractivity (Wildman–Crippen MR) is 79.9 cm³/mol. The Morgan fingerprint density at radius 2 is 1.71 bits per heavy atom. The van der Waals surface area contributed by atoms with Gasteiger partial charge < -0.3 is 0 Å². The fourth-order valence-electron chi connectivity index (χ4n) is 3.46. The molecule has 0 N–H and O–H groups in total. The summed E-state index contributed by atoms with van der Waals surface area (Å²) >= 11 is 0. The van der Waals surface area contributed by atoms with E-state index in [0.29, 0.717) is 0 Å². The van der Waals surface area contributed by atoms with Crippen LogP contribution in [0.4, 0.5) is 8.78 Å². The van der Waals surface area contributed by atoms with Crippen molar-refractivity contribution in [2.45, 2.75) is 64.2 Å². The first kappa shape index (κ1) is 15.9. The highest BCUT2D eigenvalue weighted by Gasteiger charge is 2.26. The molecule has 21 heavy (non-hydrogen) atoms. The van der Waals surface area contributed by atoms with Crippen molar-refractivity contribution in [3.05, 3.63) is 34.9 Å². The third kappa shape index (κ3) is 4.03. The second-order valence-corrected chi connectivity index (χ2v) is 6.18. The first-order valence-electron chi connectivity index (χ1n) is 8.04. The standard InChI is InChI=1S/C18H23F2N/c1-2-3-4-5-13-6-8-15(9-7-13)18-16(19)10-14(12-21)11-17(18)20/h10-11,13,15H,2-9H2,1H3/t13-,15-. The van der Waals surface area contributed by atoms with Gasteiger partial charge in [-0.3, -0.25) is 0 Å². The second-order valence-electron chi connectivity index (χ2n) is 6.18. The van der Waals surface area contributed by atoms with Crippen LogP contribution in [0.3, 0.4) is 0 Å². The number of rotatable bonds is 5. The number of unbranched alkanes of at least 4 members (excludes halogenated alkanes) is 2. The smallest absolute Gasteiger partial charge is 0.130 e. The molecule has 0 bridgehead atoms. The van der Waals surface area contributed by atoms with Gasteiger partial charge in [0, 0.05) is 5.56 Å². The van der Waals surface area contributed by atoms with E-state index in [1.807, 2.05) is 0 Å². The average molecular weight is 291 g/mol. The highest BCUT2D eigenvalue weighted by Crippen LogP contribution is 2.39. The summed E-state index contributed by atoms with van der Waals surface area (Å²) in [6.45, 7) is 2.20. The van der Waals surface area contributed by atoms with Crippen LogP contribution in [0.25, 0.3) is 0 Å². The molecule has 1 aliphatic rings. The molecule has 0 spiro atoms. The third-order valence-electron chi connectivity index (χ3n) is 4.68. The Bertz CT molecular complexity index is 487. The molecular weight excluding hydrogens is 268 g/mol. The summed E-state index contributed by atoms with van der Waals surface area (Å²) in [6.07, 6.45) is 8.87. The van der Waals surface area contributed by atoms with E-state index in [2.05, 4.69) is 6.92 Å². The average Bonchev–Trinajstić information content (AvgIpc) is 2.48. The molecule has 0 amide bonds. The second kappa shape index (κ2) is 7.54. The molecule has 1 fully saturated rings. The first-order valence-corrected chi connectivity index (χ1v) is 8.04. The summed E-state index contributed by atoms with van der Waals surface area (Å²) in [7, 11) is 0. The summed E-state index contributed by atoms with van der Waals surface area (Å²) in [4.78, 5) is 0. The lowest BCUT2D eigenvalue weighted by atomic mass is 9.76.